The van der Waals surface area contributed by atoms with Gasteiger partial charge in [0.1, 0.15) is 6.29 Å². The van der Waals surface area contributed by atoms with Crippen molar-refractivity contribution in [3.8, 4) is 0 Å². The fourth-order valence-corrected chi connectivity index (χ4v) is 1.40. The third-order valence-electron chi connectivity index (χ3n) is 2.39. The smallest absolute Gasteiger partial charge is 0.303 e. The van der Waals surface area contributed by atoms with E-state index >= 15 is 0 Å². The Morgan fingerprint density at radius 2 is 1.47 bits per heavy atom. The zero-order chi connectivity index (χ0) is 13.4. The van der Waals surface area contributed by atoms with Crippen molar-refractivity contribution in [1.29, 1.82) is 0 Å². The van der Waals surface area contributed by atoms with Gasteiger partial charge in [-0.3, -0.25) is 4.79 Å². The maximum Gasteiger partial charge on any atom is 0.303 e. The molecule has 0 aromatic carbocycles. The third-order valence-corrected chi connectivity index (χ3v) is 2.39. The molecule has 0 radical (unpaired) electrons. The Balaban J connectivity index is 0. The molecule has 0 aromatic heterocycles. The van der Waals surface area contributed by atoms with Crippen molar-refractivity contribution in [3.05, 3.63) is 0 Å². The minimum absolute atomic E-state index is 0.292. The summed E-state index contributed by atoms with van der Waals surface area (Å²) >= 11 is 0. The van der Waals surface area contributed by atoms with Crippen molar-refractivity contribution in [3.63, 3.8) is 0 Å². The molecule has 0 rings (SSSR count). The second kappa shape index (κ2) is 17.5. The van der Waals surface area contributed by atoms with E-state index in [1.54, 1.807) is 0 Å². The van der Waals surface area contributed by atoms with Gasteiger partial charge in [-0.05, 0) is 12.8 Å². The van der Waals surface area contributed by atoms with Crippen LogP contribution in [0.25, 0.3) is 0 Å². The molecule has 1 N–H and O–H groups in total. The minimum atomic E-state index is -0.711. The number of unbranched alkanes of at least 4 members (excludes halogenated alkanes) is 7. The van der Waals surface area contributed by atoms with Crippen LogP contribution in [0.2, 0.25) is 0 Å². The predicted molar refractivity (Wildman–Crippen MR) is 71.2 cm³/mol. The molecule has 0 aromatic rings. The number of hydrogen-bond acceptors (Lipinski definition) is 2. The van der Waals surface area contributed by atoms with E-state index < -0.39 is 5.97 Å². The first-order valence-corrected chi connectivity index (χ1v) is 6.84. The summed E-state index contributed by atoms with van der Waals surface area (Å²) in [6.07, 6.45) is 11.9. The van der Waals surface area contributed by atoms with Gasteiger partial charge in [0.15, 0.2) is 0 Å². The summed E-state index contributed by atoms with van der Waals surface area (Å²) < 4.78 is 0. The van der Waals surface area contributed by atoms with Gasteiger partial charge in [-0.15, -0.1) is 0 Å². The predicted octanol–water partition coefficient (Wildman–Crippen LogP) is 4.20. The lowest BCUT2D eigenvalue weighted by molar-refractivity contribution is -0.137. The number of carbonyl (C=O) groups is 2. The molecular weight excluding hydrogens is 216 g/mol. The number of rotatable bonds is 10. The number of aldehydes is 1. The Bertz CT molecular complexity index is 167. The Hall–Kier alpha value is -0.860. The molecule has 0 amide bonds. The highest BCUT2D eigenvalue weighted by molar-refractivity contribution is 5.66. The maximum absolute atomic E-state index is 9.94. The van der Waals surface area contributed by atoms with Crippen LogP contribution in [0.1, 0.15) is 78.1 Å². The van der Waals surface area contributed by atoms with Gasteiger partial charge in [-0.2, -0.15) is 0 Å². The lowest BCUT2D eigenvalue weighted by Gasteiger charge is -1.97. The highest BCUT2D eigenvalue weighted by Crippen LogP contribution is 2.07. The molecule has 0 atom stereocenters. The SMILES string of the molecule is CCCC(=O)O.CCCCCCCCCC=O. The number of aliphatic carboxylic acids is 1. The molecule has 0 saturated carbocycles. The van der Waals surface area contributed by atoms with Crippen LogP contribution in [0, 0.1) is 0 Å². The van der Waals surface area contributed by atoms with E-state index in [0.717, 1.165) is 25.5 Å². The van der Waals surface area contributed by atoms with E-state index in [2.05, 4.69) is 6.92 Å². The molecule has 3 heteroatoms. The van der Waals surface area contributed by atoms with Crippen LogP contribution >= 0.6 is 0 Å². The minimum Gasteiger partial charge on any atom is -0.481 e. The molecule has 0 spiro atoms. The van der Waals surface area contributed by atoms with Crippen molar-refractivity contribution in [1.82, 2.24) is 0 Å². The van der Waals surface area contributed by atoms with E-state index in [0.29, 0.717) is 6.42 Å². The van der Waals surface area contributed by atoms with Crippen molar-refractivity contribution >= 4 is 12.3 Å². The Labute approximate surface area is 106 Å². The maximum atomic E-state index is 9.94. The topological polar surface area (TPSA) is 54.4 Å². The standard InChI is InChI=1S/C10H20O.C4H8O2/c1-2-3-4-5-6-7-8-9-10-11;1-2-3-4(5)6/h10H,2-9H2,1H3;2-3H2,1H3,(H,5,6). The first-order valence-electron chi connectivity index (χ1n) is 6.84. The van der Waals surface area contributed by atoms with Gasteiger partial charge in [0.25, 0.3) is 0 Å². The quantitative estimate of drug-likeness (QED) is 0.463. The van der Waals surface area contributed by atoms with Gasteiger partial charge in [0.2, 0.25) is 0 Å². The average molecular weight is 244 g/mol. The summed E-state index contributed by atoms with van der Waals surface area (Å²) in [6, 6.07) is 0. The Morgan fingerprint density at radius 3 is 1.82 bits per heavy atom. The lowest BCUT2D eigenvalue weighted by atomic mass is 10.1. The fourth-order valence-electron chi connectivity index (χ4n) is 1.40. The van der Waals surface area contributed by atoms with Crippen LogP contribution in [0.5, 0.6) is 0 Å². The second-order valence-electron chi connectivity index (χ2n) is 4.22. The van der Waals surface area contributed by atoms with E-state index in [9.17, 15) is 9.59 Å². The summed E-state index contributed by atoms with van der Waals surface area (Å²) in [4.78, 5) is 19.5. The van der Waals surface area contributed by atoms with Crippen molar-refractivity contribution in [2.45, 2.75) is 78.1 Å². The number of carbonyl (C=O) groups excluding carboxylic acids is 1. The summed E-state index contributed by atoms with van der Waals surface area (Å²) in [5, 5.41) is 7.91. The van der Waals surface area contributed by atoms with E-state index in [4.69, 9.17) is 5.11 Å². The molecule has 102 valence electrons. The Morgan fingerprint density at radius 1 is 0.941 bits per heavy atom. The zero-order valence-electron chi connectivity index (χ0n) is 11.4. The van der Waals surface area contributed by atoms with Crippen LogP contribution in [-0.2, 0) is 9.59 Å². The normalized spacial score (nSPS) is 9.29. The summed E-state index contributed by atoms with van der Waals surface area (Å²) in [5.74, 6) is -0.711. The van der Waals surface area contributed by atoms with Crippen LogP contribution in [-0.4, -0.2) is 17.4 Å². The Kier molecular flexibility index (Phi) is 19.1. The largest absolute Gasteiger partial charge is 0.481 e. The lowest BCUT2D eigenvalue weighted by Crippen LogP contribution is -1.90. The molecule has 0 saturated heterocycles. The molecular formula is C14H28O3. The van der Waals surface area contributed by atoms with Gasteiger partial charge >= 0.3 is 5.97 Å². The summed E-state index contributed by atoms with van der Waals surface area (Å²) in [7, 11) is 0. The third kappa shape index (κ3) is 25.4. The van der Waals surface area contributed by atoms with E-state index in [1.165, 1.54) is 38.5 Å². The number of carboxylic acids is 1. The van der Waals surface area contributed by atoms with Crippen molar-refractivity contribution in [2.24, 2.45) is 0 Å². The fraction of sp³-hybridized carbons (Fsp3) is 0.857. The van der Waals surface area contributed by atoms with Crippen LogP contribution in [0.4, 0.5) is 0 Å². The molecule has 3 nitrogen and oxygen atoms in total. The molecule has 17 heavy (non-hydrogen) atoms. The highest BCUT2D eigenvalue weighted by atomic mass is 16.4. The van der Waals surface area contributed by atoms with Gasteiger partial charge in [0, 0.05) is 12.8 Å². The molecule has 0 aliphatic heterocycles. The van der Waals surface area contributed by atoms with Crippen LogP contribution in [0.15, 0.2) is 0 Å². The van der Waals surface area contributed by atoms with Gasteiger partial charge in [0.05, 0.1) is 0 Å². The van der Waals surface area contributed by atoms with E-state index in [1.807, 2.05) is 6.92 Å². The molecule has 0 fully saturated rings. The molecule has 0 unspecified atom stereocenters. The zero-order valence-corrected chi connectivity index (χ0v) is 11.4. The molecule has 0 heterocycles. The van der Waals surface area contributed by atoms with Crippen LogP contribution in [0.3, 0.4) is 0 Å². The summed E-state index contributed by atoms with van der Waals surface area (Å²) in [6.45, 7) is 4.07. The summed E-state index contributed by atoms with van der Waals surface area (Å²) in [5.41, 5.74) is 0. The van der Waals surface area contributed by atoms with Gasteiger partial charge in [-0.25, -0.2) is 0 Å². The number of carboxylic acid groups (broad SMARTS) is 1. The molecule has 0 aliphatic rings. The highest BCUT2D eigenvalue weighted by Gasteiger charge is 1.89. The molecule has 0 aliphatic carbocycles. The van der Waals surface area contributed by atoms with Crippen molar-refractivity contribution in [2.75, 3.05) is 0 Å². The van der Waals surface area contributed by atoms with Crippen molar-refractivity contribution < 1.29 is 14.7 Å². The van der Waals surface area contributed by atoms with Crippen LogP contribution < -0.4 is 0 Å². The first kappa shape index (κ1) is 18.5. The monoisotopic (exact) mass is 244 g/mol. The van der Waals surface area contributed by atoms with Gasteiger partial charge in [-0.1, -0.05) is 52.4 Å². The average Bonchev–Trinajstić information content (AvgIpc) is 2.29. The first-order chi connectivity index (χ1) is 8.18. The van der Waals surface area contributed by atoms with E-state index in [-0.39, 0.29) is 0 Å². The second-order valence-corrected chi connectivity index (χ2v) is 4.22. The van der Waals surface area contributed by atoms with Gasteiger partial charge < -0.3 is 9.90 Å². The number of hydrogen-bond donors (Lipinski definition) is 1. The molecule has 0 bridgehead atoms.